The molecular formula is C22H21ClN2O3. The molecule has 3 aromatic rings. The molecule has 2 N–H and O–H groups in total. The molecule has 1 aliphatic heterocycles. The van der Waals surface area contributed by atoms with Crippen LogP contribution in [0.15, 0.2) is 48.5 Å². The normalized spacial score (nSPS) is 12.8. The van der Waals surface area contributed by atoms with E-state index in [1.165, 1.54) is 0 Å². The maximum absolute atomic E-state index is 11.9. The molecular weight excluding hydrogens is 376 g/mol. The van der Waals surface area contributed by atoms with Gasteiger partial charge in [0.1, 0.15) is 13.2 Å². The van der Waals surface area contributed by atoms with Gasteiger partial charge in [0.2, 0.25) is 0 Å². The highest BCUT2D eigenvalue weighted by Gasteiger charge is 2.19. The molecule has 0 radical (unpaired) electrons. The third-order valence-electron chi connectivity index (χ3n) is 4.98. The Kier molecular flexibility index (Phi) is 5.01. The summed E-state index contributed by atoms with van der Waals surface area (Å²) in [7, 11) is 0. The first-order valence-corrected chi connectivity index (χ1v) is 9.55. The zero-order valence-corrected chi connectivity index (χ0v) is 16.3. The minimum atomic E-state index is -0.433. The van der Waals surface area contributed by atoms with Crippen LogP contribution in [0.2, 0.25) is 5.02 Å². The first kappa shape index (κ1) is 18.4. The van der Waals surface area contributed by atoms with Crippen LogP contribution in [0.1, 0.15) is 21.6 Å². The molecule has 0 aliphatic carbocycles. The molecule has 4 rings (SSSR count). The highest BCUT2D eigenvalue weighted by molar-refractivity contribution is 6.30. The van der Waals surface area contributed by atoms with Crippen molar-refractivity contribution in [3.05, 3.63) is 70.4 Å². The molecule has 0 saturated carbocycles. The predicted octanol–water partition coefficient (Wildman–Crippen LogP) is 4.23. The molecule has 0 atom stereocenters. The number of aromatic nitrogens is 1. The van der Waals surface area contributed by atoms with E-state index in [1.54, 1.807) is 0 Å². The Hall–Kier alpha value is -2.92. The van der Waals surface area contributed by atoms with E-state index < -0.39 is 5.91 Å². The molecule has 0 fully saturated rings. The summed E-state index contributed by atoms with van der Waals surface area (Å²) in [4.78, 5) is 11.9. The van der Waals surface area contributed by atoms with E-state index in [-0.39, 0.29) is 0 Å². The lowest BCUT2D eigenvalue weighted by Crippen LogP contribution is -2.15. The fourth-order valence-corrected chi connectivity index (χ4v) is 3.77. The van der Waals surface area contributed by atoms with Gasteiger partial charge in [-0.25, -0.2) is 0 Å². The van der Waals surface area contributed by atoms with Crippen molar-refractivity contribution in [1.82, 2.24) is 4.57 Å². The van der Waals surface area contributed by atoms with Crippen molar-refractivity contribution in [1.29, 1.82) is 0 Å². The van der Waals surface area contributed by atoms with E-state index in [0.29, 0.717) is 36.1 Å². The van der Waals surface area contributed by atoms with Crippen molar-refractivity contribution in [3.63, 3.8) is 0 Å². The Morgan fingerprint density at radius 3 is 2.64 bits per heavy atom. The van der Waals surface area contributed by atoms with Gasteiger partial charge in [0.15, 0.2) is 11.5 Å². The molecule has 2 aromatic carbocycles. The van der Waals surface area contributed by atoms with Gasteiger partial charge in [-0.15, -0.1) is 0 Å². The highest BCUT2D eigenvalue weighted by Crippen LogP contribution is 2.36. The Morgan fingerprint density at radius 1 is 1.11 bits per heavy atom. The number of benzene rings is 2. The maximum Gasteiger partial charge on any atom is 0.250 e. The van der Waals surface area contributed by atoms with E-state index in [9.17, 15) is 4.79 Å². The molecule has 1 aliphatic rings. The number of primary amides is 1. The number of halogens is 1. The summed E-state index contributed by atoms with van der Waals surface area (Å²) in [5.41, 5.74) is 9.97. The van der Waals surface area contributed by atoms with Gasteiger partial charge in [-0.1, -0.05) is 23.7 Å². The first-order chi connectivity index (χ1) is 13.5. The Morgan fingerprint density at radius 2 is 1.89 bits per heavy atom. The molecule has 2 heterocycles. The Balaban J connectivity index is 1.72. The number of aryl methyl sites for hydroxylation is 1. The summed E-state index contributed by atoms with van der Waals surface area (Å²) in [5, 5.41) is 0.714. The van der Waals surface area contributed by atoms with Crippen molar-refractivity contribution in [2.75, 3.05) is 13.2 Å². The third kappa shape index (κ3) is 3.58. The van der Waals surface area contributed by atoms with Crippen LogP contribution < -0.4 is 15.2 Å². The van der Waals surface area contributed by atoms with Gasteiger partial charge in [0, 0.05) is 28.5 Å². The van der Waals surface area contributed by atoms with Crippen molar-refractivity contribution in [3.8, 4) is 22.8 Å². The van der Waals surface area contributed by atoms with Crippen LogP contribution in [0.25, 0.3) is 11.3 Å². The Bertz CT molecular complexity index is 1040. The van der Waals surface area contributed by atoms with Crippen LogP contribution in [0.5, 0.6) is 11.5 Å². The standard InChI is InChI=1S/C22H21ClN2O3/c1-14-18(22(24)26)13-19(16-5-6-20-21(12-16)28-10-9-27-20)25(14)8-7-15-3-2-4-17(23)11-15/h2-6,11-13H,7-10H2,1H3,(H2,24,26). The van der Waals surface area contributed by atoms with Crippen molar-refractivity contribution in [2.24, 2.45) is 5.73 Å². The largest absolute Gasteiger partial charge is 0.486 e. The number of rotatable bonds is 5. The molecule has 6 heteroatoms. The molecule has 0 saturated heterocycles. The van der Waals surface area contributed by atoms with Gasteiger partial charge in [-0.05, 0) is 55.3 Å². The number of carbonyl (C=O) groups is 1. The summed E-state index contributed by atoms with van der Waals surface area (Å²) in [6, 6.07) is 15.5. The Labute approximate surface area is 168 Å². The third-order valence-corrected chi connectivity index (χ3v) is 5.22. The number of fused-ring (bicyclic) bond motifs is 1. The smallest absolute Gasteiger partial charge is 0.250 e. The molecule has 144 valence electrons. The molecule has 28 heavy (non-hydrogen) atoms. The van der Waals surface area contributed by atoms with Gasteiger partial charge in [-0.2, -0.15) is 0 Å². The zero-order chi connectivity index (χ0) is 19.7. The molecule has 0 unspecified atom stereocenters. The van der Waals surface area contributed by atoms with Gasteiger partial charge < -0.3 is 19.8 Å². The molecule has 0 bridgehead atoms. The average Bonchev–Trinajstić information content (AvgIpc) is 3.02. The average molecular weight is 397 g/mol. The number of hydrogen-bond donors (Lipinski definition) is 1. The molecule has 1 amide bonds. The minimum absolute atomic E-state index is 0.433. The predicted molar refractivity (Wildman–Crippen MR) is 109 cm³/mol. The lowest BCUT2D eigenvalue weighted by Gasteiger charge is -2.19. The second kappa shape index (κ2) is 7.60. The van der Waals surface area contributed by atoms with E-state index in [2.05, 4.69) is 4.57 Å². The number of nitrogens with two attached hydrogens (primary N) is 1. The van der Waals surface area contributed by atoms with Gasteiger partial charge in [-0.3, -0.25) is 4.79 Å². The fourth-order valence-electron chi connectivity index (χ4n) is 3.56. The number of nitrogens with zero attached hydrogens (tertiary/aromatic N) is 1. The van der Waals surface area contributed by atoms with Crippen molar-refractivity contribution >= 4 is 17.5 Å². The van der Waals surface area contributed by atoms with E-state index in [4.69, 9.17) is 26.8 Å². The zero-order valence-electron chi connectivity index (χ0n) is 15.6. The second-order valence-corrected chi connectivity index (χ2v) is 7.22. The lowest BCUT2D eigenvalue weighted by atomic mass is 10.1. The van der Waals surface area contributed by atoms with E-state index >= 15 is 0 Å². The van der Waals surface area contributed by atoms with Gasteiger partial charge in [0.05, 0.1) is 5.56 Å². The SMILES string of the molecule is Cc1c(C(N)=O)cc(-c2ccc3c(c2)OCCO3)n1CCc1cccc(Cl)c1. The van der Waals surface area contributed by atoms with Crippen molar-refractivity contribution < 1.29 is 14.3 Å². The monoisotopic (exact) mass is 396 g/mol. The summed E-state index contributed by atoms with van der Waals surface area (Å²) in [6.07, 6.45) is 0.784. The topological polar surface area (TPSA) is 66.5 Å². The van der Waals surface area contributed by atoms with Gasteiger partial charge >= 0.3 is 0 Å². The van der Waals surface area contributed by atoms with Crippen molar-refractivity contribution in [2.45, 2.75) is 19.9 Å². The van der Waals surface area contributed by atoms with E-state index in [1.807, 2.05) is 55.5 Å². The van der Waals surface area contributed by atoms with E-state index in [0.717, 1.165) is 34.7 Å². The summed E-state index contributed by atoms with van der Waals surface area (Å²) < 4.78 is 13.4. The molecule has 1 aromatic heterocycles. The minimum Gasteiger partial charge on any atom is -0.486 e. The quantitative estimate of drug-likeness (QED) is 0.701. The number of ether oxygens (including phenoxy) is 2. The number of carbonyl (C=O) groups excluding carboxylic acids is 1. The van der Waals surface area contributed by atoms with Crippen LogP contribution in [-0.4, -0.2) is 23.7 Å². The molecule has 5 nitrogen and oxygen atoms in total. The maximum atomic E-state index is 11.9. The van der Waals surface area contributed by atoms with Crippen LogP contribution in [0.3, 0.4) is 0 Å². The number of hydrogen-bond acceptors (Lipinski definition) is 3. The van der Waals surface area contributed by atoms with Crippen LogP contribution in [-0.2, 0) is 13.0 Å². The summed E-state index contributed by atoms with van der Waals surface area (Å²) in [6.45, 7) is 3.69. The van der Waals surface area contributed by atoms with Gasteiger partial charge in [0.25, 0.3) is 5.91 Å². The summed E-state index contributed by atoms with van der Waals surface area (Å²) >= 11 is 6.10. The fraction of sp³-hybridized carbons (Fsp3) is 0.227. The molecule has 0 spiro atoms. The van der Waals surface area contributed by atoms with Crippen LogP contribution >= 0.6 is 11.6 Å². The highest BCUT2D eigenvalue weighted by atomic mass is 35.5. The van der Waals surface area contributed by atoms with Crippen LogP contribution in [0, 0.1) is 6.92 Å². The number of amides is 1. The lowest BCUT2D eigenvalue weighted by molar-refractivity contribution is 0.0999. The summed E-state index contributed by atoms with van der Waals surface area (Å²) in [5.74, 6) is 1.02. The van der Waals surface area contributed by atoms with Crippen LogP contribution in [0.4, 0.5) is 0 Å². The first-order valence-electron chi connectivity index (χ1n) is 9.17. The second-order valence-electron chi connectivity index (χ2n) is 6.78.